The van der Waals surface area contributed by atoms with Crippen LogP contribution < -0.4 is 0 Å². The van der Waals surface area contributed by atoms with Crippen molar-refractivity contribution in [1.29, 1.82) is 0 Å². The first-order chi connectivity index (χ1) is 10.9. The Balaban J connectivity index is 1.78. The van der Waals surface area contributed by atoms with Crippen molar-refractivity contribution in [3.05, 3.63) is 42.3 Å². The van der Waals surface area contributed by atoms with Crippen LogP contribution in [0.1, 0.15) is 17.5 Å². The van der Waals surface area contributed by atoms with E-state index in [1.807, 2.05) is 0 Å². The molecule has 0 saturated carbocycles. The molecule has 0 aliphatic carbocycles. The lowest BCUT2D eigenvalue weighted by Crippen LogP contribution is -2.48. The largest absolute Gasteiger partial charge is 0.445 e. The molecular formula is C16H20F3N2O2. The van der Waals surface area contributed by atoms with E-state index in [4.69, 9.17) is 4.74 Å². The molecule has 1 aromatic rings. The fourth-order valence-corrected chi connectivity index (χ4v) is 2.40. The van der Waals surface area contributed by atoms with E-state index in [-0.39, 0.29) is 6.61 Å². The van der Waals surface area contributed by atoms with E-state index in [0.29, 0.717) is 18.7 Å². The van der Waals surface area contributed by atoms with Gasteiger partial charge in [-0.15, -0.1) is 0 Å². The Morgan fingerprint density at radius 3 is 2.26 bits per heavy atom. The van der Waals surface area contributed by atoms with E-state index >= 15 is 0 Å². The Morgan fingerprint density at radius 2 is 1.74 bits per heavy atom. The second kappa shape index (κ2) is 7.68. The summed E-state index contributed by atoms with van der Waals surface area (Å²) >= 11 is 0. The van der Waals surface area contributed by atoms with E-state index in [9.17, 15) is 18.0 Å². The van der Waals surface area contributed by atoms with Gasteiger partial charge < -0.3 is 9.64 Å². The summed E-state index contributed by atoms with van der Waals surface area (Å²) in [6, 6.07) is 4.62. The first-order valence-corrected chi connectivity index (χ1v) is 7.49. The van der Waals surface area contributed by atoms with E-state index in [2.05, 4.69) is 11.8 Å². The minimum absolute atomic E-state index is 0.0317. The Labute approximate surface area is 133 Å². The molecule has 4 nitrogen and oxygen atoms in total. The molecule has 1 saturated heterocycles. The third-order valence-electron chi connectivity index (χ3n) is 3.75. The van der Waals surface area contributed by atoms with Crippen LogP contribution in [0, 0.1) is 6.92 Å². The highest BCUT2D eigenvalue weighted by Crippen LogP contribution is 2.29. The normalized spacial score (nSPS) is 16.4. The zero-order valence-electron chi connectivity index (χ0n) is 12.8. The number of ether oxygens (including phenoxy) is 1. The minimum atomic E-state index is -4.36. The van der Waals surface area contributed by atoms with Crippen LogP contribution in [0.2, 0.25) is 0 Å². The molecule has 127 valence electrons. The summed E-state index contributed by atoms with van der Waals surface area (Å²) in [5.74, 6) is 0. The molecule has 1 aromatic carbocycles. The fraction of sp³-hybridized carbons (Fsp3) is 0.500. The number of alkyl halides is 3. The van der Waals surface area contributed by atoms with Gasteiger partial charge in [-0.05, 0) is 30.7 Å². The van der Waals surface area contributed by atoms with Crippen LogP contribution >= 0.6 is 0 Å². The van der Waals surface area contributed by atoms with Crippen LogP contribution in [0.15, 0.2) is 24.3 Å². The summed E-state index contributed by atoms with van der Waals surface area (Å²) in [4.78, 5) is 15.8. The van der Waals surface area contributed by atoms with Crippen LogP contribution in [0.5, 0.6) is 0 Å². The van der Waals surface area contributed by atoms with E-state index in [1.54, 1.807) is 4.90 Å². The Morgan fingerprint density at radius 1 is 1.13 bits per heavy atom. The SMILES string of the molecule is [CH2]CCN1CCN(C(=O)OCc2ccc(C(F)(F)F)cc2)CC1. The molecule has 0 bridgehead atoms. The zero-order valence-corrected chi connectivity index (χ0v) is 12.8. The van der Waals surface area contributed by atoms with Crippen molar-refractivity contribution in [2.45, 2.75) is 19.2 Å². The maximum Gasteiger partial charge on any atom is 0.416 e. The van der Waals surface area contributed by atoms with Gasteiger partial charge in [-0.25, -0.2) is 4.79 Å². The molecule has 1 amide bonds. The van der Waals surface area contributed by atoms with Gasteiger partial charge in [0.2, 0.25) is 0 Å². The van der Waals surface area contributed by atoms with Crippen molar-refractivity contribution in [1.82, 2.24) is 9.80 Å². The number of benzene rings is 1. The van der Waals surface area contributed by atoms with Gasteiger partial charge in [-0.3, -0.25) is 4.90 Å². The maximum absolute atomic E-state index is 12.5. The highest BCUT2D eigenvalue weighted by Gasteiger charge is 2.30. The summed E-state index contributed by atoms with van der Waals surface area (Å²) in [5, 5.41) is 0. The number of hydrogen-bond acceptors (Lipinski definition) is 3. The first kappa shape index (κ1) is 17.6. The van der Waals surface area contributed by atoms with Gasteiger partial charge in [0.05, 0.1) is 5.56 Å². The van der Waals surface area contributed by atoms with E-state index in [1.165, 1.54) is 12.1 Å². The topological polar surface area (TPSA) is 32.8 Å². The van der Waals surface area contributed by atoms with Crippen molar-refractivity contribution >= 4 is 6.09 Å². The quantitative estimate of drug-likeness (QED) is 0.850. The third-order valence-corrected chi connectivity index (χ3v) is 3.75. The second-order valence-electron chi connectivity index (χ2n) is 5.43. The summed E-state index contributed by atoms with van der Waals surface area (Å²) in [5.41, 5.74) is -0.184. The van der Waals surface area contributed by atoms with Crippen molar-refractivity contribution in [3.63, 3.8) is 0 Å². The molecule has 1 radical (unpaired) electrons. The Kier molecular flexibility index (Phi) is 5.87. The van der Waals surface area contributed by atoms with Crippen LogP contribution in [0.3, 0.4) is 0 Å². The summed E-state index contributed by atoms with van der Waals surface area (Å²) in [6.07, 6.45) is -3.96. The average molecular weight is 329 g/mol. The number of piperazine rings is 1. The monoisotopic (exact) mass is 329 g/mol. The number of hydrogen-bond donors (Lipinski definition) is 0. The summed E-state index contributed by atoms with van der Waals surface area (Å²) < 4.78 is 42.6. The molecule has 1 aliphatic rings. The first-order valence-electron chi connectivity index (χ1n) is 7.49. The average Bonchev–Trinajstić information content (AvgIpc) is 2.53. The zero-order chi connectivity index (χ0) is 16.9. The van der Waals surface area contributed by atoms with Gasteiger partial charge in [-0.1, -0.05) is 19.1 Å². The van der Waals surface area contributed by atoms with Gasteiger partial charge in [0, 0.05) is 26.2 Å². The smallest absolute Gasteiger partial charge is 0.416 e. The molecule has 0 aromatic heterocycles. The van der Waals surface area contributed by atoms with Crippen LogP contribution in [-0.2, 0) is 17.5 Å². The third kappa shape index (κ3) is 5.13. The van der Waals surface area contributed by atoms with Crippen molar-refractivity contribution < 1.29 is 22.7 Å². The van der Waals surface area contributed by atoms with Gasteiger partial charge in [0.1, 0.15) is 6.61 Å². The lowest BCUT2D eigenvalue weighted by molar-refractivity contribution is -0.137. The van der Waals surface area contributed by atoms with Crippen LogP contribution in [0.25, 0.3) is 0 Å². The number of rotatable bonds is 4. The predicted octanol–water partition coefficient (Wildman–Crippen LogP) is 3.18. The molecular weight excluding hydrogens is 309 g/mol. The van der Waals surface area contributed by atoms with Gasteiger partial charge in [0.25, 0.3) is 0 Å². The number of halogens is 3. The number of carbonyl (C=O) groups excluding carboxylic acids is 1. The van der Waals surface area contributed by atoms with Crippen LogP contribution in [-0.4, -0.2) is 48.6 Å². The van der Waals surface area contributed by atoms with Gasteiger partial charge >= 0.3 is 12.3 Å². The van der Waals surface area contributed by atoms with Crippen molar-refractivity contribution in [3.8, 4) is 0 Å². The maximum atomic E-state index is 12.5. The molecule has 1 aliphatic heterocycles. The number of carbonyl (C=O) groups is 1. The van der Waals surface area contributed by atoms with Crippen LogP contribution in [0.4, 0.5) is 18.0 Å². The summed E-state index contributed by atoms with van der Waals surface area (Å²) in [6.45, 7) is 7.42. The minimum Gasteiger partial charge on any atom is -0.445 e. The summed E-state index contributed by atoms with van der Waals surface area (Å²) in [7, 11) is 0. The highest BCUT2D eigenvalue weighted by atomic mass is 19.4. The number of nitrogens with zero attached hydrogens (tertiary/aromatic N) is 2. The highest BCUT2D eigenvalue weighted by molar-refractivity contribution is 5.67. The fourth-order valence-electron chi connectivity index (χ4n) is 2.40. The molecule has 23 heavy (non-hydrogen) atoms. The van der Waals surface area contributed by atoms with E-state index < -0.39 is 17.8 Å². The Bertz CT molecular complexity index is 509. The molecule has 1 fully saturated rings. The second-order valence-corrected chi connectivity index (χ2v) is 5.43. The molecule has 0 unspecified atom stereocenters. The predicted molar refractivity (Wildman–Crippen MR) is 79.6 cm³/mol. The number of amides is 1. The Hall–Kier alpha value is -1.76. The van der Waals surface area contributed by atoms with Gasteiger partial charge in [-0.2, -0.15) is 13.2 Å². The lowest BCUT2D eigenvalue weighted by atomic mass is 10.1. The van der Waals surface area contributed by atoms with Gasteiger partial charge in [0.15, 0.2) is 0 Å². The van der Waals surface area contributed by atoms with E-state index in [0.717, 1.165) is 38.2 Å². The molecule has 1 heterocycles. The molecule has 0 spiro atoms. The van der Waals surface area contributed by atoms with Crippen molar-refractivity contribution in [2.75, 3.05) is 32.7 Å². The molecule has 2 rings (SSSR count). The molecule has 0 N–H and O–H groups in total. The lowest BCUT2D eigenvalue weighted by Gasteiger charge is -2.33. The standard InChI is InChI=1S/C16H20F3N2O2/c1-2-7-20-8-10-21(11-9-20)15(22)23-12-13-3-5-14(6-4-13)16(17,18)19/h3-6H,1-2,7-12H2. The van der Waals surface area contributed by atoms with Crippen molar-refractivity contribution in [2.24, 2.45) is 0 Å². The molecule has 7 heteroatoms. The molecule has 0 atom stereocenters.